The molecule has 1 atom stereocenters. The molecule has 0 saturated carbocycles. The Morgan fingerprint density at radius 1 is 1.40 bits per heavy atom. The fraction of sp³-hybridized carbons (Fsp3) is 0.400. The number of carbonyl (C=O) groups is 2. The summed E-state index contributed by atoms with van der Waals surface area (Å²) in [6, 6.07) is 0. The van der Waals surface area contributed by atoms with Crippen molar-refractivity contribution in [1.82, 2.24) is 5.32 Å². The highest BCUT2D eigenvalue weighted by molar-refractivity contribution is 5.93. The van der Waals surface area contributed by atoms with Gasteiger partial charge in [-0.3, -0.25) is 4.79 Å². The Morgan fingerprint density at radius 3 is 2.33 bits per heavy atom. The lowest BCUT2D eigenvalue weighted by atomic mass is 10.2. The van der Waals surface area contributed by atoms with Crippen molar-refractivity contribution in [3.63, 3.8) is 0 Å². The van der Waals surface area contributed by atoms with E-state index < -0.39 is 5.97 Å². The van der Waals surface area contributed by atoms with Gasteiger partial charge in [0, 0.05) is 19.2 Å². The van der Waals surface area contributed by atoms with Crippen molar-refractivity contribution < 1.29 is 19.4 Å². The first kappa shape index (κ1) is 13.5. The largest absolute Gasteiger partial charge is 0.478 e. The van der Waals surface area contributed by atoms with E-state index in [1.54, 1.807) is 0 Å². The topological polar surface area (TPSA) is 75.6 Å². The third-order valence-corrected chi connectivity index (χ3v) is 1.62. The lowest BCUT2D eigenvalue weighted by molar-refractivity contribution is -0.131. The molecule has 0 spiro atoms. The highest BCUT2D eigenvalue weighted by Crippen LogP contribution is 1.97. The number of carbonyl (C=O) groups excluding carboxylic acids is 1. The van der Waals surface area contributed by atoms with Crippen LogP contribution in [0.5, 0.6) is 0 Å². The maximum atomic E-state index is 10.9. The highest BCUT2D eigenvalue weighted by atomic mass is 16.5. The van der Waals surface area contributed by atoms with Gasteiger partial charge < -0.3 is 15.2 Å². The maximum absolute atomic E-state index is 10.9. The van der Waals surface area contributed by atoms with Crippen LogP contribution in [0.25, 0.3) is 0 Å². The Labute approximate surface area is 88.4 Å². The standard InChI is InChI=1S/C7H11NO2.C3H4O2/c1-2-6(9)7-5-8-3-4-10-7;1-2-3(4)5/h2,7-8H,1,3-5H2;2H,1H2,(H,4,5). The number of hydrogen-bond acceptors (Lipinski definition) is 4. The second kappa shape index (κ2) is 7.90. The van der Waals surface area contributed by atoms with Gasteiger partial charge in [0.15, 0.2) is 5.78 Å². The molecule has 0 amide bonds. The molecule has 0 aromatic carbocycles. The smallest absolute Gasteiger partial charge is 0.327 e. The normalized spacial score (nSPS) is 19.3. The van der Waals surface area contributed by atoms with Gasteiger partial charge in [0.25, 0.3) is 0 Å². The first-order valence-corrected chi connectivity index (χ1v) is 4.45. The van der Waals surface area contributed by atoms with Crippen molar-refractivity contribution in [2.75, 3.05) is 19.7 Å². The fourth-order valence-electron chi connectivity index (χ4n) is 0.880. The van der Waals surface area contributed by atoms with Crippen LogP contribution in [0.2, 0.25) is 0 Å². The van der Waals surface area contributed by atoms with Crippen molar-refractivity contribution in [2.45, 2.75) is 6.10 Å². The molecule has 1 saturated heterocycles. The molecule has 1 aliphatic rings. The van der Waals surface area contributed by atoms with E-state index in [0.29, 0.717) is 13.2 Å². The van der Waals surface area contributed by atoms with Crippen molar-refractivity contribution in [3.05, 3.63) is 25.3 Å². The highest BCUT2D eigenvalue weighted by Gasteiger charge is 2.18. The summed E-state index contributed by atoms with van der Waals surface area (Å²) in [5.74, 6) is -1.02. The molecule has 1 fully saturated rings. The van der Waals surface area contributed by atoms with Crippen LogP contribution in [0, 0.1) is 0 Å². The Morgan fingerprint density at radius 2 is 2.00 bits per heavy atom. The molecule has 0 bridgehead atoms. The minimum Gasteiger partial charge on any atom is -0.478 e. The summed E-state index contributed by atoms with van der Waals surface area (Å²) in [5, 5.41) is 10.7. The summed E-state index contributed by atoms with van der Waals surface area (Å²) in [4.78, 5) is 20.1. The van der Waals surface area contributed by atoms with Crippen LogP contribution >= 0.6 is 0 Å². The Bertz CT molecular complexity index is 244. The number of morpholine rings is 1. The van der Waals surface area contributed by atoms with E-state index >= 15 is 0 Å². The monoisotopic (exact) mass is 213 g/mol. The van der Waals surface area contributed by atoms with Crippen molar-refractivity contribution in [1.29, 1.82) is 0 Å². The molecule has 5 heteroatoms. The van der Waals surface area contributed by atoms with E-state index in [9.17, 15) is 9.59 Å². The Kier molecular flexibility index (Phi) is 7.13. The third kappa shape index (κ3) is 6.59. The molecule has 1 unspecified atom stereocenters. The third-order valence-electron chi connectivity index (χ3n) is 1.62. The molecule has 15 heavy (non-hydrogen) atoms. The minimum absolute atomic E-state index is 0.0350. The zero-order chi connectivity index (χ0) is 11.7. The van der Waals surface area contributed by atoms with Gasteiger partial charge in [0.1, 0.15) is 6.10 Å². The number of carboxylic acids is 1. The molecule has 5 nitrogen and oxygen atoms in total. The predicted octanol–water partition coefficient (Wildman–Crippen LogP) is -0.0131. The van der Waals surface area contributed by atoms with Crippen LogP contribution in [-0.4, -0.2) is 42.7 Å². The number of aliphatic carboxylic acids is 1. The average molecular weight is 213 g/mol. The van der Waals surface area contributed by atoms with Gasteiger partial charge in [0.2, 0.25) is 0 Å². The lowest BCUT2D eigenvalue weighted by Crippen LogP contribution is -2.42. The van der Waals surface area contributed by atoms with Gasteiger partial charge in [-0.05, 0) is 6.08 Å². The number of ketones is 1. The molecule has 0 aliphatic carbocycles. The molecular weight excluding hydrogens is 198 g/mol. The quantitative estimate of drug-likeness (QED) is 0.645. The van der Waals surface area contributed by atoms with Gasteiger partial charge in [0.05, 0.1) is 6.61 Å². The van der Waals surface area contributed by atoms with Crippen LogP contribution in [0.4, 0.5) is 0 Å². The summed E-state index contributed by atoms with van der Waals surface area (Å²) < 4.78 is 5.15. The number of carboxylic acid groups (broad SMARTS) is 1. The van der Waals surface area contributed by atoms with E-state index in [0.717, 1.165) is 12.6 Å². The van der Waals surface area contributed by atoms with Crippen LogP contribution in [-0.2, 0) is 14.3 Å². The van der Waals surface area contributed by atoms with E-state index in [1.807, 2.05) is 0 Å². The number of rotatable bonds is 3. The SMILES string of the molecule is C=CC(=O)C1CNCCO1.C=CC(=O)O. The van der Waals surface area contributed by atoms with Crippen molar-refractivity contribution in [3.8, 4) is 0 Å². The second-order valence-corrected chi connectivity index (χ2v) is 2.71. The lowest BCUT2D eigenvalue weighted by Gasteiger charge is -2.20. The molecule has 1 heterocycles. The van der Waals surface area contributed by atoms with Gasteiger partial charge in [-0.1, -0.05) is 13.2 Å². The van der Waals surface area contributed by atoms with E-state index in [-0.39, 0.29) is 11.9 Å². The van der Waals surface area contributed by atoms with Crippen molar-refractivity contribution >= 4 is 11.8 Å². The summed E-state index contributed by atoms with van der Waals surface area (Å²) in [6.07, 6.45) is 1.84. The van der Waals surface area contributed by atoms with E-state index in [1.165, 1.54) is 6.08 Å². The van der Waals surface area contributed by atoms with Gasteiger partial charge in [-0.15, -0.1) is 0 Å². The van der Waals surface area contributed by atoms with Crippen LogP contribution in [0.15, 0.2) is 25.3 Å². The Balaban J connectivity index is 0.000000336. The first-order chi connectivity index (χ1) is 7.11. The first-order valence-electron chi connectivity index (χ1n) is 4.45. The number of ether oxygens (including phenoxy) is 1. The van der Waals surface area contributed by atoms with E-state index in [2.05, 4.69) is 18.5 Å². The van der Waals surface area contributed by atoms with Crippen molar-refractivity contribution in [2.24, 2.45) is 0 Å². The molecule has 1 rings (SSSR count). The maximum Gasteiger partial charge on any atom is 0.327 e. The van der Waals surface area contributed by atoms with Gasteiger partial charge in [-0.2, -0.15) is 0 Å². The minimum atomic E-state index is -0.981. The molecule has 84 valence electrons. The molecule has 1 aliphatic heterocycles. The second-order valence-electron chi connectivity index (χ2n) is 2.71. The number of hydrogen-bond donors (Lipinski definition) is 2. The van der Waals surface area contributed by atoms with E-state index in [4.69, 9.17) is 9.84 Å². The fourth-order valence-corrected chi connectivity index (χ4v) is 0.880. The van der Waals surface area contributed by atoms with Crippen LogP contribution in [0.3, 0.4) is 0 Å². The predicted molar refractivity (Wildman–Crippen MR) is 55.6 cm³/mol. The average Bonchev–Trinajstić information content (AvgIpc) is 2.30. The summed E-state index contributed by atoms with van der Waals surface area (Å²) >= 11 is 0. The van der Waals surface area contributed by atoms with Crippen LogP contribution in [0.1, 0.15) is 0 Å². The molecule has 0 radical (unpaired) electrons. The van der Waals surface area contributed by atoms with Gasteiger partial charge in [-0.25, -0.2) is 4.79 Å². The molecule has 0 aromatic heterocycles. The molecule has 0 aromatic rings. The van der Waals surface area contributed by atoms with Crippen LogP contribution < -0.4 is 5.32 Å². The summed E-state index contributed by atoms with van der Waals surface area (Å²) in [6.45, 7) is 8.40. The summed E-state index contributed by atoms with van der Waals surface area (Å²) in [5.41, 5.74) is 0. The molecular formula is C10H15NO4. The molecule has 2 N–H and O–H groups in total. The zero-order valence-corrected chi connectivity index (χ0v) is 8.44. The zero-order valence-electron chi connectivity index (χ0n) is 8.44. The number of nitrogens with one attached hydrogen (secondary N) is 1. The Hall–Kier alpha value is -1.46. The summed E-state index contributed by atoms with van der Waals surface area (Å²) in [7, 11) is 0. The van der Waals surface area contributed by atoms with Gasteiger partial charge >= 0.3 is 5.97 Å².